The van der Waals surface area contributed by atoms with Gasteiger partial charge in [-0.25, -0.2) is 0 Å². The van der Waals surface area contributed by atoms with Crippen LogP contribution in [0.4, 0.5) is 0 Å². The van der Waals surface area contributed by atoms with Crippen LogP contribution in [0, 0.1) is 19.8 Å². The second-order valence-corrected chi connectivity index (χ2v) is 7.18. The third kappa shape index (κ3) is 3.52. The monoisotopic (exact) mass is 300 g/mol. The molecule has 3 heteroatoms. The fourth-order valence-electron chi connectivity index (χ4n) is 3.50. The number of hydrogen-bond donors (Lipinski definition) is 0. The molecular formula is C19H28N2O. The molecule has 2 fully saturated rings. The number of carbonyl (C=O) groups excluding carboxylic acids is 1. The number of piperidine rings is 1. The fourth-order valence-corrected chi connectivity index (χ4v) is 3.50. The number of nitrogens with zero attached hydrogens (tertiary/aromatic N) is 2. The second kappa shape index (κ2) is 6.41. The van der Waals surface area contributed by atoms with Crippen molar-refractivity contribution in [1.29, 1.82) is 0 Å². The van der Waals surface area contributed by atoms with E-state index >= 15 is 0 Å². The largest absolute Gasteiger partial charge is 0.341 e. The topological polar surface area (TPSA) is 23.6 Å². The van der Waals surface area contributed by atoms with Crippen molar-refractivity contribution < 1.29 is 4.79 Å². The van der Waals surface area contributed by atoms with Crippen LogP contribution in [-0.2, 0) is 11.3 Å². The summed E-state index contributed by atoms with van der Waals surface area (Å²) in [6, 6.07) is 7.10. The average molecular weight is 300 g/mol. The van der Waals surface area contributed by atoms with E-state index in [1.807, 2.05) is 11.9 Å². The quantitative estimate of drug-likeness (QED) is 0.853. The Kier molecular flexibility index (Phi) is 4.53. The van der Waals surface area contributed by atoms with E-state index in [1.165, 1.54) is 23.1 Å². The van der Waals surface area contributed by atoms with Gasteiger partial charge in [0.2, 0.25) is 5.91 Å². The van der Waals surface area contributed by atoms with Crippen LogP contribution in [0.3, 0.4) is 0 Å². The smallest absolute Gasteiger partial charge is 0.225 e. The van der Waals surface area contributed by atoms with Crippen molar-refractivity contribution in [2.24, 2.45) is 5.92 Å². The number of carbonyl (C=O) groups is 1. The molecule has 120 valence electrons. The molecule has 0 bridgehead atoms. The summed E-state index contributed by atoms with van der Waals surface area (Å²) in [6.45, 7) is 7.52. The minimum Gasteiger partial charge on any atom is -0.341 e. The summed E-state index contributed by atoms with van der Waals surface area (Å²) < 4.78 is 0. The van der Waals surface area contributed by atoms with Gasteiger partial charge >= 0.3 is 0 Å². The lowest BCUT2D eigenvalue weighted by atomic mass is 10.0. The number of likely N-dealkylation sites (N-methyl/N-ethyl adjacent to an activating group) is 1. The van der Waals surface area contributed by atoms with E-state index < -0.39 is 0 Å². The van der Waals surface area contributed by atoms with Crippen LogP contribution in [0.1, 0.15) is 42.4 Å². The van der Waals surface area contributed by atoms with E-state index in [-0.39, 0.29) is 0 Å². The molecule has 1 unspecified atom stereocenters. The van der Waals surface area contributed by atoms with E-state index in [2.05, 4.69) is 36.9 Å². The number of hydrogen-bond acceptors (Lipinski definition) is 2. The normalized spacial score (nSPS) is 22.6. The van der Waals surface area contributed by atoms with Crippen LogP contribution in [0.25, 0.3) is 0 Å². The van der Waals surface area contributed by atoms with Crippen molar-refractivity contribution in [1.82, 2.24) is 9.80 Å². The molecule has 1 aromatic carbocycles. The Bertz CT molecular complexity index is 550. The van der Waals surface area contributed by atoms with Crippen molar-refractivity contribution in [3.63, 3.8) is 0 Å². The first-order valence-corrected chi connectivity index (χ1v) is 8.60. The molecular weight excluding hydrogens is 272 g/mol. The standard InChI is InChI=1S/C19H28N2O/c1-14-6-7-15(2)17(11-14)12-21-10-4-5-18(13-21)20(3)19(22)16-8-9-16/h6-7,11,16,18H,4-5,8-10,12-13H2,1-3H3. The molecule has 1 atom stereocenters. The molecule has 0 aromatic heterocycles. The Morgan fingerprint density at radius 1 is 1.27 bits per heavy atom. The lowest BCUT2D eigenvalue weighted by molar-refractivity contribution is -0.134. The zero-order chi connectivity index (χ0) is 15.7. The highest BCUT2D eigenvalue weighted by Crippen LogP contribution is 2.32. The molecule has 0 radical (unpaired) electrons. The zero-order valence-electron chi connectivity index (χ0n) is 14.1. The number of amides is 1. The van der Waals surface area contributed by atoms with Gasteiger partial charge in [-0.3, -0.25) is 9.69 Å². The third-order valence-electron chi connectivity index (χ3n) is 5.20. The molecule has 1 aliphatic heterocycles. The van der Waals surface area contributed by atoms with Crippen molar-refractivity contribution in [3.05, 3.63) is 34.9 Å². The van der Waals surface area contributed by atoms with E-state index in [9.17, 15) is 4.79 Å². The van der Waals surface area contributed by atoms with Gasteiger partial charge < -0.3 is 4.90 Å². The molecule has 2 aliphatic rings. The van der Waals surface area contributed by atoms with Crippen molar-refractivity contribution >= 4 is 5.91 Å². The Morgan fingerprint density at radius 2 is 2.05 bits per heavy atom. The number of rotatable bonds is 4. The van der Waals surface area contributed by atoms with Crippen molar-refractivity contribution in [2.75, 3.05) is 20.1 Å². The van der Waals surface area contributed by atoms with E-state index in [1.54, 1.807) is 0 Å². The number of aryl methyl sites for hydroxylation is 2. The molecule has 0 N–H and O–H groups in total. The highest BCUT2D eigenvalue weighted by Gasteiger charge is 2.35. The van der Waals surface area contributed by atoms with Crippen LogP contribution >= 0.6 is 0 Å². The van der Waals surface area contributed by atoms with Gasteiger partial charge in [0.05, 0.1) is 0 Å². The summed E-state index contributed by atoms with van der Waals surface area (Å²) in [5.74, 6) is 0.706. The first kappa shape index (κ1) is 15.5. The van der Waals surface area contributed by atoms with Crippen LogP contribution in [-0.4, -0.2) is 41.9 Å². The van der Waals surface area contributed by atoms with Gasteiger partial charge in [0.1, 0.15) is 0 Å². The van der Waals surface area contributed by atoms with Crippen molar-refractivity contribution in [3.8, 4) is 0 Å². The van der Waals surface area contributed by atoms with Gasteiger partial charge in [0.25, 0.3) is 0 Å². The zero-order valence-corrected chi connectivity index (χ0v) is 14.1. The summed E-state index contributed by atoms with van der Waals surface area (Å²) in [7, 11) is 2.01. The fraction of sp³-hybridized carbons (Fsp3) is 0.632. The highest BCUT2D eigenvalue weighted by molar-refractivity contribution is 5.81. The molecule has 3 nitrogen and oxygen atoms in total. The van der Waals surface area contributed by atoms with E-state index in [0.29, 0.717) is 17.9 Å². The van der Waals surface area contributed by atoms with Crippen LogP contribution in [0.5, 0.6) is 0 Å². The van der Waals surface area contributed by atoms with Crippen LogP contribution in [0.2, 0.25) is 0 Å². The molecule has 1 saturated carbocycles. The molecule has 0 spiro atoms. The molecule has 22 heavy (non-hydrogen) atoms. The molecule has 1 heterocycles. The molecule has 1 saturated heterocycles. The third-order valence-corrected chi connectivity index (χ3v) is 5.20. The molecule has 1 aliphatic carbocycles. The van der Waals surface area contributed by atoms with Gasteiger partial charge in [0.15, 0.2) is 0 Å². The Hall–Kier alpha value is -1.35. The Morgan fingerprint density at radius 3 is 2.77 bits per heavy atom. The summed E-state index contributed by atoms with van der Waals surface area (Å²) in [4.78, 5) is 16.8. The maximum absolute atomic E-state index is 12.3. The molecule has 1 aromatic rings. The van der Waals surface area contributed by atoms with Gasteiger partial charge in [-0.2, -0.15) is 0 Å². The number of benzene rings is 1. The average Bonchev–Trinajstić information content (AvgIpc) is 3.34. The first-order valence-electron chi connectivity index (χ1n) is 8.60. The van der Waals surface area contributed by atoms with Gasteiger partial charge in [-0.05, 0) is 57.2 Å². The Labute approximate surface area is 134 Å². The van der Waals surface area contributed by atoms with E-state index in [0.717, 1.165) is 38.9 Å². The summed E-state index contributed by atoms with van der Waals surface area (Å²) in [5.41, 5.74) is 4.13. The second-order valence-electron chi connectivity index (χ2n) is 7.18. The van der Waals surface area contributed by atoms with Crippen LogP contribution < -0.4 is 0 Å². The summed E-state index contributed by atoms with van der Waals surface area (Å²) in [6.07, 6.45) is 4.54. The van der Waals surface area contributed by atoms with Gasteiger partial charge in [-0.1, -0.05) is 23.8 Å². The highest BCUT2D eigenvalue weighted by atomic mass is 16.2. The lowest BCUT2D eigenvalue weighted by Gasteiger charge is -2.38. The van der Waals surface area contributed by atoms with Crippen molar-refractivity contribution in [2.45, 2.75) is 52.1 Å². The molecule has 1 amide bonds. The summed E-state index contributed by atoms with van der Waals surface area (Å²) >= 11 is 0. The predicted octanol–water partition coefficient (Wildman–Crippen LogP) is 3.14. The first-order chi connectivity index (χ1) is 10.5. The minimum absolute atomic E-state index is 0.333. The SMILES string of the molecule is Cc1ccc(C)c(CN2CCCC(N(C)C(=O)C3CC3)C2)c1. The number of likely N-dealkylation sites (tertiary alicyclic amines) is 1. The van der Waals surface area contributed by atoms with Gasteiger partial charge in [-0.15, -0.1) is 0 Å². The lowest BCUT2D eigenvalue weighted by Crippen LogP contribution is -2.48. The predicted molar refractivity (Wildman–Crippen MR) is 89.7 cm³/mol. The minimum atomic E-state index is 0.333. The molecule has 3 rings (SSSR count). The Balaban J connectivity index is 1.62. The van der Waals surface area contributed by atoms with E-state index in [4.69, 9.17) is 0 Å². The maximum Gasteiger partial charge on any atom is 0.225 e. The van der Waals surface area contributed by atoms with Crippen LogP contribution in [0.15, 0.2) is 18.2 Å². The van der Waals surface area contributed by atoms with Gasteiger partial charge in [0, 0.05) is 32.1 Å². The summed E-state index contributed by atoms with van der Waals surface area (Å²) in [5, 5.41) is 0. The maximum atomic E-state index is 12.3.